The number of aliphatic hydroxyl groups excluding tert-OH is 1. The lowest BCUT2D eigenvalue weighted by molar-refractivity contribution is -0.309. The van der Waals surface area contributed by atoms with Crippen molar-refractivity contribution in [3.8, 4) is 5.69 Å². The average molecular weight is 484 g/mol. The monoisotopic (exact) mass is 483 g/mol. The first-order chi connectivity index (χ1) is 16.5. The number of fused-ring (bicyclic) bond motifs is 1. The lowest BCUT2D eigenvalue weighted by atomic mass is 9.92. The summed E-state index contributed by atoms with van der Waals surface area (Å²) in [6.45, 7) is 2.07. The van der Waals surface area contributed by atoms with Crippen LogP contribution >= 0.6 is 11.6 Å². The second-order valence-electron chi connectivity index (χ2n) is 9.10. The zero-order valence-corrected chi connectivity index (χ0v) is 19.4. The first kappa shape index (κ1) is 22.1. The number of benzene rings is 1. The summed E-state index contributed by atoms with van der Waals surface area (Å²) in [5.74, 6) is 1.36. The molecule has 2 aromatic heterocycles. The van der Waals surface area contributed by atoms with Gasteiger partial charge >= 0.3 is 0 Å². The Morgan fingerprint density at radius 2 is 1.97 bits per heavy atom. The van der Waals surface area contributed by atoms with Crippen molar-refractivity contribution in [3.63, 3.8) is 0 Å². The minimum Gasteiger partial charge on any atom is -0.388 e. The molecule has 0 radical (unpaired) electrons. The van der Waals surface area contributed by atoms with Crippen molar-refractivity contribution in [3.05, 3.63) is 70.5 Å². The van der Waals surface area contributed by atoms with Crippen LogP contribution in [0.2, 0.25) is 5.02 Å². The highest BCUT2D eigenvalue weighted by atomic mass is 35.5. The summed E-state index contributed by atoms with van der Waals surface area (Å²) in [4.78, 5) is 9.17. The molecule has 6 rings (SSSR count). The molecule has 1 aromatic carbocycles. The first-order valence-corrected chi connectivity index (χ1v) is 11.9. The summed E-state index contributed by atoms with van der Waals surface area (Å²) in [6.07, 6.45) is 0.350. The highest BCUT2D eigenvalue weighted by Gasteiger charge is 2.50. The Hall–Kier alpha value is -2.40. The third kappa shape index (κ3) is 3.92. The largest absolute Gasteiger partial charge is 0.388 e. The fourth-order valence-corrected chi connectivity index (χ4v) is 4.89. The summed E-state index contributed by atoms with van der Waals surface area (Å²) in [5, 5.41) is 16.3. The van der Waals surface area contributed by atoms with Gasteiger partial charge in [-0.25, -0.2) is 9.67 Å². The molecule has 0 spiro atoms. The molecule has 3 N–H and O–H groups in total. The maximum absolute atomic E-state index is 11.2. The fourth-order valence-electron chi connectivity index (χ4n) is 4.74. The highest BCUT2D eigenvalue weighted by molar-refractivity contribution is 6.30. The number of nitrogens with zero attached hydrogens (tertiary/aromatic N) is 4. The average Bonchev–Trinajstić information content (AvgIpc) is 3.62. The van der Waals surface area contributed by atoms with Gasteiger partial charge < -0.3 is 25.1 Å². The van der Waals surface area contributed by atoms with E-state index in [0.29, 0.717) is 22.6 Å². The van der Waals surface area contributed by atoms with Crippen molar-refractivity contribution >= 4 is 11.6 Å². The molecule has 6 atom stereocenters. The van der Waals surface area contributed by atoms with Crippen LogP contribution < -0.4 is 5.73 Å². The molecule has 0 amide bonds. The van der Waals surface area contributed by atoms with Gasteiger partial charge in [0.15, 0.2) is 12.1 Å². The van der Waals surface area contributed by atoms with Crippen molar-refractivity contribution in [1.29, 1.82) is 0 Å². The van der Waals surface area contributed by atoms with Gasteiger partial charge in [-0.15, -0.1) is 0 Å². The van der Waals surface area contributed by atoms with Gasteiger partial charge in [0.2, 0.25) is 0 Å². The maximum Gasteiger partial charge on any atom is 0.184 e. The van der Waals surface area contributed by atoms with E-state index >= 15 is 0 Å². The molecule has 34 heavy (non-hydrogen) atoms. The van der Waals surface area contributed by atoms with Crippen LogP contribution in [0.3, 0.4) is 0 Å². The van der Waals surface area contributed by atoms with Gasteiger partial charge in [0.1, 0.15) is 30.2 Å². The van der Waals surface area contributed by atoms with Crippen LogP contribution in [-0.4, -0.2) is 55.8 Å². The Morgan fingerprint density at radius 3 is 2.74 bits per heavy atom. The highest BCUT2D eigenvalue weighted by Crippen LogP contribution is 2.43. The number of halogens is 1. The Morgan fingerprint density at radius 1 is 1.18 bits per heavy atom. The molecule has 10 heteroatoms. The molecule has 0 bridgehead atoms. The van der Waals surface area contributed by atoms with Crippen molar-refractivity contribution in [2.45, 2.75) is 62.4 Å². The van der Waals surface area contributed by atoms with Gasteiger partial charge in [0.25, 0.3) is 0 Å². The van der Waals surface area contributed by atoms with E-state index in [1.807, 2.05) is 36.4 Å². The van der Waals surface area contributed by atoms with E-state index in [1.54, 1.807) is 17.8 Å². The van der Waals surface area contributed by atoms with E-state index in [0.717, 1.165) is 29.8 Å². The van der Waals surface area contributed by atoms with Gasteiger partial charge in [-0.05, 0) is 25.8 Å². The number of hydrogen-bond donors (Lipinski definition) is 2. The molecule has 3 aromatic rings. The van der Waals surface area contributed by atoms with E-state index < -0.39 is 36.7 Å². The molecule has 6 unspecified atom stereocenters. The van der Waals surface area contributed by atoms with Crippen LogP contribution in [0.4, 0.5) is 0 Å². The fraction of sp³-hybridized carbons (Fsp3) is 0.458. The Kier molecular flexibility index (Phi) is 5.63. The van der Waals surface area contributed by atoms with E-state index in [1.165, 1.54) is 0 Å². The van der Waals surface area contributed by atoms with Gasteiger partial charge in [0, 0.05) is 17.7 Å². The van der Waals surface area contributed by atoms with Crippen LogP contribution in [0, 0.1) is 6.92 Å². The zero-order valence-electron chi connectivity index (χ0n) is 18.6. The van der Waals surface area contributed by atoms with Crippen LogP contribution in [0.5, 0.6) is 0 Å². The third-order valence-corrected chi connectivity index (χ3v) is 6.79. The Labute approximate surface area is 201 Å². The normalized spacial score (nSPS) is 31.3. The summed E-state index contributed by atoms with van der Waals surface area (Å²) < 4.78 is 20.1. The smallest absolute Gasteiger partial charge is 0.184 e. The number of aromatic nitrogens is 4. The van der Waals surface area contributed by atoms with Crippen molar-refractivity contribution in [2.24, 2.45) is 5.73 Å². The SMILES string of the molecule is Cc1nc(C2OC3COC(c4ccccc4)OC3C(N)C2O)n(-c2cc(Cl)cnc2C2CC2)n1. The van der Waals surface area contributed by atoms with Crippen LogP contribution in [-0.2, 0) is 14.2 Å². The van der Waals surface area contributed by atoms with Gasteiger partial charge in [-0.3, -0.25) is 4.98 Å². The van der Waals surface area contributed by atoms with Crippen molar-refractivity contribution in [2.75, 3.05) is 6.61 Å². The maximum atomic E-state index is 11.2. The molecule has 3 aliphatic rings. The number of nitrogens with two attached hydrogens (primary N) is 1. The quantitative estimate of drug-likeness (QED) is 0.581. The molecule has 4 heterocycles. The molecular formula is C24H26ClN5O4. The predicted molar refractivity (Wildman–Crippen MR) is 122 cm³/mol. The molecule has 2 aliphatic heterocycles. The van der Waals surface area contributed by atoms with Crippen molar-refractivity contribution in [1.82, 2.24) is 19.7 Å². The third-order valence-electron chi connectivity index (χ3n) is 6.58. The minimum atomic E-state index is -1.06. The van der Waals surface area contributed by atoms with Gasteiger partial charge in [0.05, 0.1) is 29.1 Å². The van der Waals surface area contributed by atoms with Crippen LogP contribution in [0.1, 0.15) is 54.1 Å². The molecule has 1 aliphatic carbocycles. The van der Waals surface area contributed by atoms with E-state index in [4.69, 9.17) is 31.5 Å². The van der Waals surface area contributed by atoms with Crippen LogP contribution in [0.25, 0.3) is 5.69 Å². The summed E-state index contributed by atoms with van der Waals surface area (Å²) in [7, 11) is 0. The zero-order chi connectivity index (χ0) is 23.4. The second kappa shape index (κ2) is 8.67. The number of aliphatic hydroxyl groups is 1. The Balaban J connectivity index is 1.31. The van der Waals surface area contributed by atoms with E-state index in [9.17, 15) is 5.11 Å². The lowest BCUT2D eigenvalue weighted by Crippen LogP contribution is -2.62. The molecule has 9 nitrogen and oxygen atoms in total. The summed E-state index contributed by atoms with van der Waals surface area (Å²) >= 11 is 6.29. The predicted octanol–water partition coefficient (Wildman–Crippen LogP) is 2.74. The molecule has 3 fully saturated rings. The second-order valence-corrected chi connectivity index (χ2v) is 9.54. The topological polar surface area (TPSA) is 118 Å². The first-order valence-electron chi connectivity index (χ1n) is 11.5. The standard InChI is InChI=1S/C24H26ClN5O4/c1-12-28-23(30(29-12)16-9-15(25)10-27-19(16)13-7-8-13)22-20(31)18(26)21-17(33-22)11-32-24(34-21)14-5-3-2-4-6-14/h2-6,9-10,13,17-18,20-22,24,31H,7-8,11,26H2,1H3. The molecule has 178 valence electrons. The van der Waals surface area contributed by atoms with Gasteiger partial charge in [-0.1, -0.05) is 41.9 Å². The Bertz CT molecular complexity index is 1190. The molecule has 1 saturated carbocycles. The summed E-state index contributed by atoms with van der Waals surface area (Å²) in [5.41, 5.74) is 9.06. The van der Waals surface area contributed by atoms with Crippen LogP contribution in [0.15, 0.2) is 42.6 Å². The molecule has 2 saturated heterocycles. The minimum absolute atomic E-state index is 0.278. The number of aryl methyl sites for hydroxylation is 1. The lowest BCUT2D eigenvalue weighted by Gasteiger charge is -2.46. The van der Waals surface area contributed by atoms with Crippen molar-refractivity contribution < 1.29 is 19.3 Å². The van der Waals surface area contributed by atoms with E-state index in [2.05, 4.69) is 15.1 Å². The molecular weight excluding hydrogens is 458 g/mol. The number of ether oxygens (including phenoxy) is 3. The number of pyridine rings is 1. The number of rotatable bonds is 4. The van der Waals surface area contributed by atoms with Gasteiger partial charge in [-0.2, -0.15) is 5.10 Å². The summed E-state index contributed by atoms with van der Waals surface area (Å²) in [6, 6.07) is 10.8. The number of hydrogen-bond acceptors (Lipinski definition) is 8. The van der Waals surface area contributed by atoms with E-state index in [-0.39, 0.29) is 6.61 Å².